The smallest absolute Gasteiger partial charge is 0.253 e. The number of hydrogen-bond donors (Lipinski definition) is 2. The quantitative estimate of drug-likeness (QED) is 0.814. The van der Waals surface area contributed by atoms with Gasteiger partial charge >= 0.3 is 0 Å². The molecule has 8 nitrogen and oxygen atoms in total. The lowest BCUT2D eigenvalue weighted by molar-refractivity contribution is -0.146. The summed E-state index contributed by atoms with van der Waals surface area (Å²) in [7, 11) is 1.84. The summed E-state index contributed by atoms with van der Waals surface area (Å²) in [6.45, 7) is 6.85. The normalized spacial score (nSPS) is 20.1. The maximum Gasteiger partial charge on any atom is 0.253 e. The summed E-state index contributed by atoms with van der Waals surface area (Å²) >= 11 is 0. The fourth-order valence-electron chi connectivity index (χ4n) is 3.65. The molecule has 2 aliphatic heterocycles. The fraction of sp³-hybridized carbons (Fsp3) is 0.667. The van der Waals surface area contributed by atoms with Crippen LogP contribution >= 0.6 is 0 Å². The minimum Gasteiger partial charge on any atom is -0.381 e. The van der Waals surface area contributed by atoms with Gasteiger partial charge in [0.15, 0.2) is 0 Å². The number of aliphatic hydroxyl groups is 1. The summed E-state index contributed by atoms with van der Waals surface area (Å²) in [6.07, 6.45) is 1.50. The number of nitrogens with one attached hydrogen (secondary N) is 1. The molecule has 1 aromatic heterocycles. The highest BCUT2D eigenvalue weighted by atomic mass is 16.3. The average Bonchev–Trinajstić information content (AvgIpc) is 3.08. The Balaban J connectivity index is 1.84. The first-order chi connectivity index (χ1) is 12.2. The van der Waals surface area contributed by atoms with Crippen LogP contribution in [-0.2, 0) is 22.6 Å². The standard InChI is InChI=1S/C18H27N5O3/c1-11(24)22-8-6-13-14(10-22)20-15(21-16(13)19-4)12-5-7-23(9-12)17(25)18(2,3)26/h12,26H,5-10H2,1-4H3,(H,19,20,21). The largest absolute Gasteiger partial charge is 0.381 e. The van der Waals surface area contributed by atoms with Crippen LogP contribution in [0.25, 0.3) is 0 Å². The molecule has 142 valence electrons. The highest BCUT2D eigenvalue weighted by Gasteiger charge is 2.36. The molecule has 26 heavy (non-hydrogen) atoms. The number of fused-ring (bicyclic) bond motifs is 1. The van der Waals surface area contributed by atoms with E-state index in [1.807, 2.05) is 7.05 Å². The van der Waals surface area contributed by atoms with E-state index in [1.165, 1.54) is 13.8 Å². The summed E-state index contributed by atoms with van der Waals surface area (Å²) in [5.41, 5.74) is 0.577. The van der Waals surface area contributed by atoms with Gasteiger partial charge in [0.1, 0.15) is 17.2 Å². The van der Waals surface area contributed by atoms with Gasteiger partial charge in [0, 0.05) is 45.1 Å². The van der Waals surface area contributed by atoms with Gasteiger partial charge in [0.2, 0.25) is 5.91 Å². The molecular weight excluding hydrogens is 334 g/mol. The number of carbonyl (C=O) groups excluding carboxylic acids is 2. The van der Waals surface area contributed by atoms with Crippen LogP contribution in [0.4, 0.5) is 5.82 Å². The summed E-state index contributed by atoms with van der Waals surface area (Å²) in [6, 6.07) is 0. The SMILES string of the molecule is CNc1nc(C2CCN(C(=O)C(C)(C)O)C2)nc2c1CCN(C(C)=O)C2. The monoisotopic (exact) mass is 361 g/mol. The highest BCUT2D eigenvalue weighted by Crippen LogP contribution is 2.30. The van der Waals surface area contributed by atoms with Gasteiger partial charge in [-0.25, -0.2) is 9.97 Å². The zero-order valence-electron chi connectivity index (χ0n) is 15.9. The molecule has 0 aromatic carbocycles. The van der Waals surface area contributed by atoms with Gasteiger partial charge < -0.3 is 20.2 Å². The summed E-state index contributed by atoms with van der Waals surface area (Å²) < 4.78 is 0. The van der Waals surface area contributed by atoms with Crippen molar-refractivity contribution in [3.8, 4) is 0 Å². The van der Waals surface area contributed by atoms with E-state index < -0.39 is 5.60 Å². The Morgan fingerprint density at radius 2 is 1.96 bits per heavy atom. The van der Waals surface area contributed by atoms with Crippen molar-refractivity contribution in [3.63, 3.8) is 0 Å². The zero-order valence-corrected chi connectivity index (χ0v) is 15.9. The Morgan fingerprint density at radius 3 is 2.58 bits per heavy atom. The van der Waals surface area contributed by atoms with Gasteiger partial charge in [-0.3, -0.25) is 9.59 Å². The van der Waals surface area contributed by atoms with Crippen molar-refractivity contribution in [1.29, 1.82) is 0 Å². The molecule has 0 radical (unpaired) electrons. The van der Waals surface area contributed by atoms with E-state index in [0.717, 1.165) is 29.9 Å². The molecule has 3 heterocycles. The van der Waals surface area contributed by atoms with Crippen molar-refractivity contribution in [2.45, 2.75) is 51.7 Å². The van der Waals surface area contributed by atoms with E-state index in [4.69, 9.17) is 4.98 Å². The number of hydrogen-bond acceptors (Lipinski definition) is 6. The number of carbonyl (C=O) groups is 2. The molecule has 1 aromatic rings. The lowest BCUT2D eigenvalue weighted by atomic mass is 10.0. The lowest BCUT2D eigenvalue weighted by Crippen LogP contribution is -2.44. The van der Waals surface area contributed by atoms with Crippen LogP contribution in [0.3, 0.4) is 0 Å². The average molecular weight is 361 g/mol. The van der Waals surface area contributed by atoms with Crippen LogP contribution in [-0.4, -0.2) is 69.0 Å². The molecule has 0 saturated carbocycles. The lowest BCUT2D eigenvalue weighted by Gasteiger charge is -2.29. The van der Waals surface area contributed by atoms with E-state index in [1.54, 1.807) is 16.7 Å². The van der Waals surface area contributed by atoms with Crippen LogP contribution in [0.15, 0.2) is 0 Å². The van der Waals surface area contributed by atoms with Crippen LogP contribution < -0.4 is 5.32 Å². The minimum atomic E-state index is -1.37. The molecular formula is C18H27N5O3. The van der Waals surface area contributed by atoms with Gasteiger partial charge in [0.05, 0.1) is 12.2 Å². The molecule has 1 saturated heterocycles. The van der Waals surface area contributed by atoms with Crippen molar-refractivity contribution < 1.29 is 14.7 Å². The molecule has 1 unspecified atom stereocenters. The topological polar surface area (TPSA) is 98.7 Å². The number of amides is 2. The van der Waals surface area contributed by atoms with Gasteiger partial charge in [-0.2, -0.15) is 0 Å². The van der Waals surface area contributed by atoms with Gasteiger partial charge in [-0.1, -0.05) is 0 Å². The van der Waals surface area contributed by atoms with E-state index >= 15 is 0 Å². The zero-order chi connectivity index (χ0) is 19.1. The predicted molar refractivity (Wildman–Crippen MR) is 96.6 cm³/mol. The molecule has 2 aliphatic rings. The number of anilines is 1. The summed E-state index contributed by atoms with van der Waals surface area (Å²) in [4.78, 5) is 36.9. The van der Waals surface area contributed by atoms with Crippen molar-refractivity contribution in [1.82, 2.24) is 19.8 Å². The van der Waals surface area contributed by atoms with E-state index in [2.05, 4.69) is 10.3 Å². The number of rotatable bonds is 3. The molecule has 0 spiro atoms. The number of likely N-dealkylation sites (tertiary alicyclic amines) is 1. The van der Waals surface area contributed by atoms with Gasteiger partial charge in [-0.05, 0) is 26.7 Å². The Hall–Kier alpha value is -2.22. The molecule has 2 amide bonds. The van der Waals surface area contributed by atoms with Crippen LogP contribution in [0.1, 0.15) is 50.2 Å². The molecule has 1 atom stereocenters. The molecule has 8 heteroatoms. The Morgan fingerprint density at radius 1 is 1.23 bits per heavy atom. The Bertz CT molecular complexity index is 728. The first-order valence-electron chi connectivity index (χ1n) is 9.05. The van der Waals surface area contributed by atoms with Crippen molar-refractivity contribution in [3.05, 3.63) is 17.1 Å². The molecule has 0 aliphatic carbocycles. The number of aromatic nitrogens is 2. The first-order valence-corrected chi connectivity index (χ1v) is 9.05. The van der Waals surface area contributed by atoms with Gasteiger partial charge in [-0.15, -0.1) is 0 Å². The predicted octanol–water partition coefficient (Wildman–Crippen LogP) is 0.510. The Kier molecular flexibility index (Phi) is 4.88. The van der Waals surface area contributed by atoms with Crippen LogP contribution in [0.5, 0.6) is 0 Å². The second-order valence-corrected chi connectivity index (χ2v) is 7.59. The maximum absolute atomic E-state index is 12.3. The molecule has 0 bridgehead atoms. The molecule has 1 fully saturated rings. The third kappa shape index (κ3) is 3.51. The first kappa shape index (κ1) is 18.6. The third-order valence-corrected chi connectivity index (χ3v) is 5.13. The fourth-order valence-corrected chi connectivity index (χ4v) is 3.65. The maximum atomic E-state index is 12.3. The second-order valence-electron chi connectivity index (χ2n) is 7.59. The van der Waals surface area contributed by atoms with Gasteiger partial charge in [0.25, 0.3) is 5.91 Å². The highest BCUT2D eigenvalue weighted by molar-refractivity contribution is 5.84. The minimum absolute atomic E-state index is 0.0337. The van der Waals surface area contributed by atoms with E-state index in [9.17, 15) is 14.7 Å². The van der Waals surface area contributed by atoms with E-state index in [0.29, 0.717) is 32.0 Å². The number of nitrogens with zero attached hydrogens (tertiary/aromatic N) is 4. The van der Waals surface area contributed by atoms with Crippen LogP contribution in [0, 0.1) is 0 Å². The van der Waals surface area contributed by atoms with Crippen molar-refractivity contribution in [2.24, 2.45) is 0 Å². The Labute approximate surface area is 153 Å². The second kappa shape index (κ2) is 6.83. The summed E-state index contributed by atoms with van der Waals surface area (Å²) in [5, 5.41) is 13.1. The van der Waals surface area contributed by atoms with Crippen molar-refractivity contribution in [2.75, 3.05) is 32.0 Å². The molecule has 3 rings (SSSR count). The summed E-state index contributed by atoms with van der Waals surface area (Å²) in [5.74, 6) is 1.32. The molecule has 2 N–H and O–H groups in total. The van der Waals surface area contributed by atoms with Crippen LogP contribution in [0.2, 0.25) is 0 Å². The third-order valence-electron chi connectivity index (χ3n) is 5.13. The van der Waals surface area contributed by atoms with E-state index in [-0.39, 0.29) is 17.7 Å². The van der Waals surface area contributed by atoms with Crippen molar-refractivity contribution >= 4 is 17.6 Å².